The molecule has 0 aliphatic carbocycles. The fourth-order valence-corrected chi connectivity index (χ4v) is 4.21. The van der Waals surface area contributed by atoms with E-state index in [2.05, 4.69) is 5.32 Å². The van der Waals surface area contributed by atoms with Gasteiger partial charge in [-0.3, -0.25) is 19.0 Å². The molecule has 4 aromatic rings. The van der Waals surface area contributed by atoms with Gasteiger partial charge in [0, 0.05) is 30.7 Å². The summed E-state index contributed by atoms with van der Waals surface area (Å²) in [5, 5.41) is 2.41. The summed E-state index contributed by atoms with van der Waals surface area (Å²) in [4.78, 5) is 49.6. The van der Waals surface area contributed by atoms with Crippen LogP contribution >= 0.6 is 0 Å². The van der Waals surface area contributed by atoms with Crippen LogP contribution in [0.15, 0.2) is 77.6 Å². The third-order valence-electron chi connectivity index (χ3n) is 6.44. The van der Waals surface area contributed by atoms with Gasteiger partial charge in [0.25, 0.3) is 5.56 Å². The van der Waals surface area contributed by atoms with Crippen molar-refractivity contribution in [3.8, 4) is 11.4 Å². The van der Waals surface area contributed by atoms with Gasteiger partial charge in [-0.1, -0.05) is 30.3 Å². The second-order valence-electron chi connectivity index (χ2n) is 9.50. The maximum atomic E-state index is 15.2. The van der Waals surface area contributed by atoms with Gasteiger partial charge < -0.3 is 20.5 Å². The maximum absolute atomic E-state index is 15.2. The summed E-state index contributed by atoms with van der Waals surface area (Å²) in [5.41, 5.74) is 3.72. The number of anilines is 1. The number of rotatable bonds is 11. The van der Waals surface area contributed by atoms with Crippen molar-refractivity contribution in [1.29, 1.82) is 0 Å². The number of nitrogens with one attached hydrogen (secondary N) is 1. The number of halogens is 4. The molecule has 1 aromatic heterocycles. The van der Waals surface area contributed by atoms with E-state index >= 15 is 8.78 Å². The number of aromatic nitrogens is 1. The van der Waals surface area contributed by atoms with Gasteiger partial charge in [0.1, 0.15) is 35.5 Å². The molecule has 1 atom stereocenters. The third-order valence-corrected chi connectivity index (χ3v) is 6.44. The standard InChI is InChI=1S/C31H25F4N3O6/c1-17(39)26(37-31(42)44-16-18-5-3-2-4-6-18)11-12-43-20-14-24(34)28(25(35)15-20)38-27(40)10-9-22(30(38)36)29(41)21-8-7-19(32)13-23(21)33/h2-10,13-15,26H,11-12,16,36H2,1H3,(H,37,42)/t26-/m0/s1. The summed E-state index contributed by atoms with van der Waals surface area (Å²) in [6.07, 6.45) is -0.918. The van der Waals surface area contributed by atoms with E-state index in [9.17, 15) is 28.0 Å². The minimum absolute atomic E-state index is 0.0213. The van der Waals surface area contributed by atoms with E-state index in [0.29, 0.717) is 10.6 Å². The largest absolute Gasteiger partial charge is 0.493 e. The molecule has 4 rings (SSSR count). The molecule has 0 saturated carbocycles. The van der Waals surface area contributed by atoms with Crippen LogP contribution in [0.3, 0.4) is 0 Å². The molecule has 0 bridgehead atoms. The summed E-state index contributed by atoms with van der Waals surface area (Å²) in [6.45, 7) is 0.963. The van der Waals surface area contributed by atoms with Crippen LogP contribution in [0.5, 0.6) is 5.75 Å². The lowest BCUT2D eigenvalue weighted by Gasteiger charge is -2.17. The SMILES string of the molecule is CC(=O)[C@H](CCOc1cc(F)c(-n2c(N)c(C(=O)c3ccc(F)cc3F)ccc2=O)c(F)c1)NC(=O)OCc1ccccc1. The van der Waals surface area contributed by atoms with Crippen LogP contribution in [0.25, 0.3) is 5.69 Å². The average molecular weight is 612 g/mol. The van der Waals surface area contributed by atoms with E-state index in [-0.39, 0.29) is 25.4 Å². The highest BCUT2D eigenvalue weighted by molar-refractivity contribution is 6.11. The summed E-state index contributed by atoms with van der Waals surface area (Å²) in [5.74, 6) is -7.18. The number of carbonyl (C=O) groups excluding carboxylic acids is 3. The lowest BCUT2D eigenvalue weighted by molar-refractivity contribution is -0.119. The first-order chi connectivity index (χ1) is 21.0. The van der Waals surface area contributed by atoms with Crippen molar-refractivity contribution < 1.29 is 41.4 Å². The molecule has 44 heavy (non-hydrogen) atoms. The number of benzene rings is 3. The second kappa shape index (κ2) is 13.7. The zero-order valence-corrected chi connectivity index (χ0v) is 23.1. The van der Waals surface area contributed by atoms with Crippen LogP contribution in [-0.2, 0) is 16.1 Å². The topological polar surface area (TPSA) is 130 Å². The Morgan fingerprint density at radius 2 is 1.55 bits per heavy atom. The zero-order chi connectivity index (χ0) is 32.0. The van der Waals surface area contributed by atoms with Gasteiger partial charge in [0.05, 0.1) is 23.8 Å². The van der Waals surface area contributed by atoms with E-state index in [0.717, 1.165) is 42.0 Å². The average Bonchev–Trinajstić information content (AvgIpc) is 2.97. The number of alkyl carbamates (subject to hydrolysis) is 1. The van der Waals surface area contributed by atoms with Gasteiger partial charge >= 0.3 is 6.09 Å². The van der Waals surface area contributed by atoms with Crippen molar-refractivity contribution in [3.05, 3.63) is 123 Å². The van der Waals surface area contributed by atoms with Crippen LogP contribution in [0, 0.1) is 23.3 Å². The van der Waals surface area contributed by atoms with Crippen LogP contribution in [0.2, 0.25) is 0 Å². The molecule has 0 radical (unpaired) electrons. The van der Waals surface area contributed by atoms with E-state index in [1.807, 2.05) is 0 Å². The van der Waals surface area contributed by atoms with Crippen molar-refractivity contribution in [2.24, 2.45) is 0 Å². The molecule has 0 aliphatic rings. The van der Waals surface area contributed by atoms with Crippen LogP contribution in [0.4, 0.5) is 28.2 Å². The number of amides is 1. The Hall–Kier alpha value is -5.46. The van der Waals surface area contributed by atoms with E-state index in [1.165, 1.54) is 6.92 Å². The number of carbonyl (C=O) groups is 3. The maximum Gasteiger partial charge on any atom is 0.408 e. The molecule has 0 spiro atoms. The Balaban J connectivity index is 1.47. The molecule has 13 heteroatoms. The molecule has 0 fully saturated rings. The number of Topliss-reactive ketones (excluding diaryl/α,β-unsaturated/α-hetero) is 1. The van der Waals surface area contributed by atoms with Crippen molar-refractivity contribution in [1.82, 2.24) is 9.88 Å². The first-order valence-corrected chi connectivity index (χ1v) is 13.1. The number of nitrogens with zero attached hydrogens (tertiary/aromatic N) is 1. The number of pyridine rings is 1. The highest BCUT2D eigenvalue weighted by Gasteiger charge is 2.24. The quantitative estimate of drug-likeness (QED) is 0.183. The highest BCUT2D eigenvalue weighted by Crippen LogP contribution is 2.27. The van der Waals surface area contributed by atoms with Crippen molar-refractivity contribution in [2.45, 2.75) is 26.0 Å². The fraction of sp³-hybridized carbons (Fsp3) is 0.161. The summed E-state index contributed by atoms with van der Waals surface area (Å²) >= 11 is 0. The van der Waals surface area contributed by atoms with Crippen molar-refractivity contribution in [2.75, 3.05) is 12.3 Å². The van der Waals surface area contributed by atoms with Crippen LogP contribution < -0.4 is 21.3 Å². The first kappa shape index (κ1) is 31.5. The Kier molecular flexibility index (Phi) is 9.78. The van der Waals surface area contributed by atoms with Gasteiger partial charge in [-0.05, 0) is 30.7 Å². The summed E-state index contributed by atoms with van der Waals surface area (Å²) in [7, 11) is 0. The number of nitrogen functional groups attached to an aromatic ring is 1. The Morgan fingerprint density at radius 3 is 2.18 bits per heavy atom. The van der Waals surface area contributed by atoms with Crippen LogP contribution in [-0.4, -0.2) is 34.9 Å². The molecule has 0 saturated heterocycles. The fourth-order valence-electron chi connectivity index (χ4n) is 4.21. The molecule has 3 aromatic carbocycles. The lowest BCUT2D eigenvalue weighted by Crippen LogP contribution is -2.41. The van der Waals surface area contributed by atoms with Crippen LogP contribution in [0.1, 0.15) is 34.8 Å². The third kappa shape index (κ3) is 7.30. The molecule has 1 heterocycles. The highest BCUT2D eigenvalue weighted by atomic mass is 19.1. The molecule has 228 valence electrons. The van der Waals surface area contributed by atoms with Gasteiger partial charge in [-0.25, -0.2) is 22.4 Å². The van der Waals surface area contributed by atoms with E-state index in [1.54, 1.807) is 30.3 Å². The van der Waals surface area contributed by atoms with E-state index < -0.39 is 75.2 Å². The van der Waals surface area contributed by atoms with Gasteiger partial charge in [-0.15, -0.1) is 0 Å². The predicted octanol–water partition coefficient (Wildman–Crippen LogP) is 4.86. The molecule has 0 aliphatic heterocycles. The molecule has 9 nitrogen and oxygen atoms in total. The first-order valence-electron chi connectivity index (χ1n) is 13.1. The number of hydrogen-bond donors (Lipinski definition) is 2. The molecular weight excluding hydrogens is 586 g/mol. The van der Waals surface area contributed by atoms with Gasteiger partial charge in [-0.2, -0.15) is 0 Å². The Labute approximate surface area is 247 Å². The van der Waals surface area contributed by atoms with Gasteiger partial charge in [0.2, 0.25) is 0 Å². The van der Waals surface area contributed by atoms with Crippen molar-refractivity contribution in [3.63, 3.8) is 0 Å². The zero-order valence-electron chi connectivity index (χ0n) is 23.1. The predicted molar refractivity (Wildman–Crippen MR) is 151 cm³/mol. The minimum Gasteiger partial charge on any atom is -0.493 e. The summed E-state index contributed by atoms with van der Waals surface area (Å²) < 4.78 is 68.7. The van der Waals surface area contributed by atoms with Gasteiger partial charge in [0.15, 0.2) is 23.2 Å². The Bertz CT molecular complexity index is 1760. The summed E-state index contributed by atoms with van der Waals surface area (Å²) in [6, 6.07) is 13.3. The smallest absolute Gasteiger partial charge is 0.408 e. The normalized spacial score (nSPS) is 11.5. The minimum atomic E-state index is -1.29. The number of hydrogen-bond acceptors (Lipinski definition) is 7. The number of ether oxygens (including phenoxy) is 2. The van der Waals surface area contributed by atoms with Crippen molar-refractivity contribution >= 4 is 23.5 Å². The molecule has 0 unspecified atom stereocenters. The lowest BCUT2D eigenvalue weighted by atomic mass is 10.0. The Morgan fingerprint density at radius 1 is 0.886 bits per heavy atom. The molecule has 1 amide bonds. The number of nitrogens with two attached hydrogens (primary N) is 1. The molecular formula is C31H25F4N3O6. The molecule has 3 N–H and O–H groups in total. The number of ketones is 2. The second-order valence-corrected chi connectivity index (χ2v) is 9.50. The van der Waals surface area contributed by atoms with E-state index in [4.69, 9.17) is 15.2 Å². The monoisotopic (exact) mass is 611 g/mol.